The molecule has 5 rings (SSSR count). The van der Waals surface area contributed by atoms with Gasteiger partial charge in [-0.3, -0.25) is 0 Å². The standard InChI is InChI=1S/C56H72O4/c1-5-9-13-20-38-57-50-34-36-52(55(43-50)59-40-22-15-11-7-3)46-26-30-48(31-27-46)54(42-45-24-18-17-19-25-45)49-32-28-47(29-33-49)53-37-35-51(58-39-21-14-10-6-2)44-56(53)60-41-23-16-12-8-4/h17-19,24-37,42-44H,5-16,20-23,38-41H2,1-4H3. The predicted octanol–water partition coefficient (Wildman–Crippen LogP) is 16.4. The van der Waals surface area contributed by atoms with Crippen LogP contribution in [0.4, 0.5) is 0 Å². The molecule has 0 aliphatic rings. The van der Waals surface area contributed by atoms with E-state index in [0.717, 1.165) is 106 Å². The van der Waals surface area contributed by atoms with Crippen LogP contribution in [0.3, 0.4) is 0 Å². The third-order valence-corrected chi connectivity index (χ3v) is 11.1. The molecule has 0 amide bonds. The van der Waals surface area contributed by atoms with Crippen molar-refractivity contribution in [2.24, 2.45) is 0 Å². The van der Waals surface area contributed by atoms with E-state index in [4.69, 9.17) is 18.9 Å². The Balaban J connectivity index is 1.40. The summed E-state index contributed by atoms with van der Waals surface area (Å²) in [6, 6.07) is 41.1. The van der Waals surface area contributed by atoms with Crippen LogP contribution in [0.5, 0.6) is 23.0 Å². The van der Waals surface area contributed by atoms with E-state index in [2.05, 4.69) is 149 Å². The average Bonchev–Trinajstić information content (AvgIpc) is 3.29. The summed E-state index contributed by atoms with van der Waals surface area (Å²) in [6.07, 6.45) is 21.1. The van der Waals surface area contributed by atoms with Crippen molar-refractivity contribution in [3.05, 3.63) is 132 Å². The zero-order valence-corrected chi connectivity index (χ0v) is 37.3. The maximum Gasteiger partial charge on any atom is 0.130 e. The van der Waals surface area contributed by atoms with Crippen LogP contribution in [0.2, 0.25) is 0 Å². The Bertz CT molecular complexity index is 1820. The molecule has 60 heavy (non-hydrogen) atoms. The van der Waals surface area contributed by atoms with Crippen molar-refractivity contribution in [3.8, 4) is 45.3 Å². The smallest absolute Gasteiger partial charge is 0.130 e. The molecule has 0 heterocycles. The molecular weight excluding hydrogens is 737 g/mol. The molecule has 0 aromatic heterocycles. The Morgan fingerprint density at radius 2 is 0.767 bits per heavy atom. The summed E-state index contributed by atoms with van der Waals surface area (Å²) in [4.78, 5) is 0. The van der Waals surface area contributed by atoms with E-state index in [1.165, 1.54) is 77.0 Å². The number of unbranched alkanes of at least 4 members (excludes halogenated alkanes) is 12. The Morgan fingerprint density at radius 1 is 0.383 bits per heavy atom. The molecule has 0 radical (unpaired) electrons. The van der Waals surface area contributed by atoms with Gasteiger partial charge in [-0.2, -0.15) is 0 Å². The minimum Gasteiger partial charge on any atom is -0.493 e. The number of ether oxygens (including phenoxy) is 4. The quantitative estimate of drug-likeness (QED) is 0.0356. The largest absolute Gasteiger partial charge is 0.493 e. The normalized spacial score (nSPS) is 11.0. The lowest BCUT2D eigenvalue weighted by atomic mass is 9.92. The lowest BCUT2D eigenvalue weighted by Crippen LogP contribution is -2.01. The molecule has 0 saturated heterocycles. The summed E-state index contributed by atoms with van der Waals surface area (Å²) in [5.74, 6) is 3.52. The summed E-state index contributed by atoms with van der Waals surface area (Å²) in [5, 5.41) is 0. The molecule has 320 valence electrons. The zero-order valence-electron chi connectivity index (χ0n) is 37.3. The van der Waals surface area contributed by atoms with Gasteiger partial charge in [-0.15, -0.1) is 0 Å². The highest BCUT2D eigenvalue weighted by Gasteiger charge is 2.14. The van der Waals surface area contributed by atoms with E-state index < -0.39 is 0 Å². The maximum absolute atomic E-state index is 6.47. The van der Waals surface area contributed by atoms with Gasteiger partial charge in [0.05, 0.1) is 26.4 Å². The summed E-state index contributed by atoms with van der Waals surface area (Å²) in [6.45, 7) is 11.8. The summed E-state index contributed by atoms with van der Waals surface area (Å²) < 4.78 is 25.3. The number of rotatable bonds is 29. The first-order valence-electron chi connectivity index (χ1n) is 23.4. The Kier molecular flexibility index (Phi) is 20.7. The zero-order chi connectivity index (χ0) is 42.0. The van der Waals surface area contributed by atoms with Crippen LogP contribution in [0.15, 0.2) is 115 Å². The number of hydrogen-bond acceptors (Lipinski definition) is 4. The van der Waals surface area contributed by atoms with Gasteiger partial charge in [0.15, 0.2) is 0 Å². The second-order valence-corrected chi connectivity index (χ2v) is 16.1. The van der Waals surface area contributed by atoms with Crippen molar-refractivity contribution >= 4 is 11.6 Å². The van der Waals surface area contributed by atoms with Crippen LogP contribution >= 0.6 is 0 Å². The van der Waals surface area contributed by atoms with Crippen LogP contribution < -0.4 is 18.9 Å². The molecule has 0 N–H and O–H groups in total. The van der Waals surface area contributed by atoms with Crippen molar-refractivity contribution in [2.45, 2.75) is 130 Å². The average molecular weight is 809 g/mol. The Morgan fingerprint density at radius 3 is 1.15 bits per heavy atom. The van der Waals surface area contributed by atoms with Crippen LogP contribution in [-0.2, 0) is 0 Å². The molecule has 0 fully saturated rings. The highest BCUT2D eigenvalue weighted by Crippen LogP contribution is 2.38. The first-order chi connectivity index (χ1) is 29.6. The van der Waals surface area contributed by atoms with Gasteiger partial charge in [0.1, 0.15) is 23.0 Å². The van der Waals surface area contributed by atoms with Gasteiger partial charge in [0.25, 0.3) is 0 Å². The predicted molar refractivity (Wildman–Crippen MR) is 256 cm³/mol. The van der Waals surface area contributed by atoms with E-state index >= 15 is 0 Å². The monoisotopic (exact) mass is 809 g/mol. The third kappa shape index (κ3) is 15.3. The molecule has 4 nitrogen and oxygen atoms in total. The van der Waals surface area contributed by atoms with E-state index in [1.54, 1.807) is 0 Å². The molecular formula is C56H72O4. The fourth-order valence-corrected chi connectivity index (χ4v) is 7.47. The van der Waals surface area contributed by atoms with Crippen molar-refractivity contribution in [3.63, 3.8) is 0 Å². The van der Waals surface area contributed by atoms with Gasteiger partial charge < -0.3 is 18.9 Å². The molecule has 0 unspecified atom stereocenters. The topological polar surface area (TPSA) is 36.9 Å². The molecule has 0 spiro atoms. The minimum absolute atomic E-state index is 0.703. The highest BCUT2D eigenvalue weighted by atomic mass is 16.5. The second-order valence-electron chi connectivity index (χ2n) is 16.1. The van der Waals surface area contributed by atoms with Gasteiger partial charge in [0, 0.05) is 23.3 Å². The first-order valence-corrected chi connectivity index (χ1v) is 23.4. The minimum atomic E-state index is 0.703. The Labute approximate surface area is 363 Å². The highest BCUT2D eigenvalue weighted by molar-refractivity contribution is 5.92. The second kappa shape index (κ2) is 27.0. The van der Waals surface area contributed by atoms with Crippen molar-refractivity contribution in [1.82, 2.24) is 0 Å². The van der Waals surface area contributed by atoms with Gasteiger partial charge in [-0.1, -0.05) is 184 Å². The molecule has 0 aliphatic heterocycles. The maximum atomic E-state index is 6.47. The number of hydrogen-bond donors (Lipinski definition) is 0. The lowest BCUT2D eigenvalue weighted by Gasteiger charge is -2.16. The van der Waals surface area contributed by atoms with Gasteiger partial charge >= 0.3 is 0 Å². The summed E-state index contributed by atoms with van der Waals surface area (Å²) >= 11 is 0. The van der Waals surface area contributed by atoms with E-state index in [0.29, 0.717) is 13.2 Å². The number of benzene rings is 5. The molecule has 4 heteroatoms. The lowest BCUT2D eigenvalue weighted by molar-refractivity contribution is 0.291. The fourth-order valence-electron chi connectivity index (χ4n) is 7.47. The van der Waals surface area contributed by atoms with Crippen LogP contribution in [0.1, 0.15) is 147 Å². The van der Waals surface area contributed by atoms with Crippen LogP contribution in [0.25, 0.3) is 33.9 Å². The van der Waals surface area contributed by atoms with E-state index in [-0.39, 0.29) is 0 Å². The Hall–Kier alpha value is -4.96. The van der Waals surface area contributed by atoms with Crippen molar-refractivity contribution < 1.29 is 18.9 Å². The molecule has 0 aliphatic carbocycles. The van der Waals surface area contributed by atoms with Crippen molar-refractivity contribution in [1.29, 1.82) is 0 Å². The molecule has 0 atom stereocenters. The van der Waals surface area contributed by atoms with Gasteiger partial charge in [-0.25, -0.2) is 0 Å². The van der Waals surface area contributed by atoms with Gasteiger partial charge in [-0.05, 0) is 89.4 Å². The SMILES string of the molecule is CCCCCCOc1ccc(-c2ccc(C(=Cc3ccccc3)c3ccc(-c4ccc(OCCCCCC)cc4OCCCCCC)cc3)cc2)c(OCCCCCC)c1. The molecule has 0 bridgehead atoms. The molecule has 0 saturated carbocycles. The summed E-state index contributed by atoms with van der Waals surface area (Å²) in [5.41, 5.74) is 9.06. The van der Waals surface area contributed by atoms with Gasteiger partial charge in [0.2, 0.25) is 0 Å². The fraction of sp³-hybridized carbons (Fsp3) is 0.429. The third-order valence-electron chi connectivity index (χ3n) is 11.1. The molecule has 5 aromatic rings. The van der Waals surface area contributed by atoms with Crippen LogP contribution in [0, 0.1) is 0 Å². The van der Waals surface area contributed by atoms with Crippen molar-refractivity contribution in [2.75, 3.05) is 26.4 Å². The molecule has 5 aromatic carbocycles. The first kappa shape index (κ1) is 46.1. The summed E-state index contributed by atoms with van der Waals surface area (Å²) in [7, 11) is 0. The van der Waals surface area contributed by atoms with E-state index in [1.807, 2.05) is 0 Å². The van der Waals surface area contributed by atoms with Crippen LogP contribution in [-0.4, -0.2) is 26.4 Å². The van der Waals surface area contributed by atoms with E-state index in [9.17, 15) is 0 Å².